The van der Waals surface area contributed by atoms with Crippen LogP contribution < -0.4 is 0 Å². The molecule has 1 fully saturated rings. The van der Waals surface area contributed by atoms with Gasteiger partial charge in [-0.05, 0) is 16.9 Å². The smallest absolute Gasteiger partial charge is 0.111 e. The van der Waals surface area contributed by atoms with Gasteiger partial charge in [-0.1, -0.05) is 74.5 Å². The van der Waals surface area contributed by atoms with E-state index in [9.17, 15) is 5.11 Å². The fourth-order valence-corrected chi connectivity index (χ4v) is 4.44. The maximum atomic E-state index is 10.9. The summed E-state index contributed by atoms with van der Waals surface area (Å²) in [5, 5.41) is 10.9. The summed E-state index contributed by atoms with van der Waals surface area (Å²) in [4.78, 5) is 0. The number of benzene rings is 2. The van der Waals surface area contributed by atoms with Gasteiger partial charge < -0.3 is 19.3 Å². The lowest BCUT2D eigenvalue weighted by Crippen LogP contribution is -2.55. The molecule has 1 aliphatic rings. The third kappa shape index (κ3) is 5.82. The SMILES string of the molecule is CCSC1OC(COCc2ccccc2)C(O)C(OCc2ccccc2)C1C. The van der Waals surface area contributed by atoms with Crippen molar-refractivity contribution in [2.24, 2.45) is 5.92 Å². The van der Waals surface area contributed by atoms with Gasteiger partial charge in [-0.15, -0.1) is 11.8 Å². The summed E-state index contributed by atoms with van der Waals surface area (Å²) in [7, 11) is 0. The molecule has 0 amide bonds. The third-order valence-electron chi connectivity index (χ3n) is 4.98. The van der Waals surface area contributed by atoms with Gasteiger partial charge in [0.05, 0.1) is 25.9 Å². The second kappa shape index (κ2) is 11.0. The fourth-order valence-electron chi connectivity index (χ4n) is 3.43. The van der Waals surface area contributed by atoms with Crippen LogP contribution in [0.5, 0.6) is 0 Å². The van der Waals surface area contributed by atoms with Crippen molar-refractivity contribution in [3.05, 3.63) is 71.8 Å². The monoisotopic (exact) mass is 402 g/mol. The van der Waals surface area contributed by atoms with E-state index in [4.69, 9.17) is 14.2 Å². The lowest BCUT2D eigenvalue weighted by atomic mass is 9.93. The first kappa shape index (κ1) is 21.3. The molecular weight excluding hydrogens is 372 g/mol. The molecule has 2 aromatic carbocycles. The molecule has 0 saturated carbocycles. The van der Waals surface area contributed by atoms with Gasteiger partial charge in [0, 0.05) is 5.92 Å². The van der Waals surface area contributed by atoms with Crippen LogP contribution in [0.25, 0.3) is 0 Å². The second-order valence-electron chi connectivity index (χ2n) is 7.11. The molecule has 0 aliphatic carbocycles. The first-order valence-corrected chi connectivity index (χ1v) is 11.0. The van der Waals surface area contributed by atoms with Crippen molar-refractivity contribution in [2.75, 3.05) is 12.4 Å². The molecule has 2 aromatic rings. The zero-order chi connectivity index (χ0) is 19.8. The predicted molar refractivity (Wildman–Crippen MR) is 113 cm³/mol. The third-order valence-corrected chi connectivity index (χ3v) is 6.19. The summed E-state index contributed by atoms with van der Waals surface area (Å²) >= 11 is 1.75. The molecular formula is C23H30O4S. The summed E-state index contributed by atoms with van der Waals surface area (Å²) in [5.74, 6) is 1.04. The summed E-state index contributed by atoms with van der Waals surface area (Å²) < 4.78 is 18.2. The van der Waals surface area contributed by atoms with Crippen molar-refractivity contribution < 1.29 is 19.3 Å². The van der Waals surface area contributed by atoms with E-state index in [2.05, 4.69) is 13.8 Å². The Morgan fingerprint density at radius 2 is 1.57 bits per heavy atom. The quantitative estimate of drug-likeness (QED) is 0.679. The van der Waals surface area contributed by atoms with E-state index >= 15 is 0 Å². The van der Waals surface area contributed by atoms with E-state index in [-0.39, 0.29) is 17.5 Å². The predicted octanol–water partition coefficient (Wildman–Crippen LogP) is 4.26. The summed E-state index contributed by atoms with van der Waals surface area (Å²) in [5.41, 5.74) is 2.20. The van der Waals surface area contributed by atoms with Crippen molar-refractivity contribution >= 4 is 11.8 Å². The maximum Gasteiger partial charge on any atom is 0.111 e. The Kier molecular flexibility index (Phi) is 8.37. The molecule has 28 heavy (non-hydrogen) atoms. The normalized spacial score (nSPS) is 27.6. The summed E-state index contributed by atoms with van der Waals surface area (Å²) in [6, 6.07) is 20.1. The van der Waals surface area contributed by atoms with E-state index in [1.54, 1.807) is 11.8 Å². The van der Waals surface area contributed by atoms with Gasteiger partial charge in [0.25, 0.3) is 0 Å². The Bertz CT molecular complexity index is 682. The lowest BCUT2D eigenvalue weighted by molar-refractivity contribution is -0.205. The minimum absolute atomic E-state index is 0.0144. The van der Waals surface area contributed by atoms with Crippen LogP contribution in [-0.4, -0.2) is 41.2 Å². The summed E-state index contributed by atoms with van der Waals surface area (Å²) in [6.07, 6.45) is -1.41. The highest BCUT2D eigenvalue weighted by Gasteiger charge is 2.43. The molecule has 0 bridgehead atoms. The van der Waals surface area contributed by atoms with Gasteiger partial charge in [0.15, 0.2) is 0 Å². The number of thioether (sulfide) groups is 1. The van der Waals surface area contributed by atoms with Gasteiger partial charge in [-0.2, -0.15) is 0 Å². The molecule has 0 aromatic heterocycles. The molecule has 1 aliphatic heterocycles. The molecule has 4 nitrogen and oxygen atoms in total. The lowest BCUT2D eigenvalue weighted by Gasteiger charge is -2.43. The van der Waals surface area contributed by atoms with Crippen molar-refractivity contribution in [2.45, 2.75) is 50.8 Å². The van der Waals surface area contributed by atoms with Crippen LogP contribution in [0.2, 0.25) is 0 Å². The van der Waals surface area contributed by atoms with E-state index < -0.39 is 12.2 Å². The fraction of sp³-hybridized carbons (Fsp3) is 0.478. The largest absolute Gasteiger partial charge is 0.388 e. The Balaban J connectivity index is 1.60. The summed E-state index contributed by atoms with van der Waals surface area (Å²) in [6.45, 7) is 5.53. The Morgan fingerprint density at radius 1 is 0.964 bits per heavy atom. The van der Waals surface area contributed by atoms with Gasteiger partial charge in [0.2, 0.25) is 0 Å². The van der Waals surface area contributed by atoms with E-state index in [0.717, 1.165) is 16.9 Å². The average molecular weight is 403 g/mol. The molecule has 1 saturated heterocycles. The highest BCUT2D eigenvalue weighted by Crippen LogP contribution is 2.35. The minimum Gasteiger partial charge on any atom is -0.388 e. The van der Waals surface area contributed by atoms with Crippen LogP contribution in [0.1, 0.15) is 25.0 Å². The van der Waals surface area contributed by atoms with E-state index in [0.29, 0.717) is 19.8 Å². The number of hydrogen-bond donors (Lipinski definition) is 1. The molecule has 1 heterocycles. The Labute approximate surface area is 172 Å². The second-order valence-corrected chi connectivity index (χ2v) is 8.49. The Hall–Kier alpha value is -1.37. The van der Waals surface area contributed by atoms with Gasteiger partial charge in [0.1, 0.15) is 17.6 Å². The Morgan fingerprint density at radius 3 is 2.18 bits per heavy atom. The number of aliphatic hydroxyl groups is 1. The van der Waals surface area contributed by atoms with E-state index in [1.807, 2.05) is 60.7 Å². The van der Waals surface area contributed by atoms with Crippen LogP contribution in [0, 0.1) is 5.92 Å². The maximum absolute atomic E-state index is 10.9. The molecule has 3 rings (SSSR count). The number of ether oxygens (including phenoxy) is 3. The van der Waals surface area contributed by atoms with Gasteiger partial charge in [-0.3, -0.25) is 0 Å². The van der Waals surface area contributed by atoms with Gasteiger partial charge >= 0.3 is 0 Å². The molecule has 0 spiro atoms. The highest BCUT2D eigenvalue weighted by atomic mass is 32.2. The molecule has 152 valence electrons. The van der Waals surface area contributed by atoms with Crippen molar-refractivity contribution in [1.82, 2.24) is 0 Å². The van der Waals surface area contributed by atoms with Crippen molar-refractivity contribution in [3.8, 4) is 0 Å². The average Bonchev–Trinajstić information content (AvgIpc) is 2.73. The number of hydrogen-bond acceptors (Lipinski definition) is 5. The highest BCUT2D eigenvalue weighted by molar-refractivity contribution is 7.99. The van der Waals surface area contributed by atoms with Crippen molar-refractivity contribution in [3.63, 3.8) is 0 Å². The zero-order valence-electron chi connectivity index (χ0n) is 16.6. The van der Waals surface area contributed by atoms with Crippen LogP contribution >= 0.6 is 11.8 Å². The first-order valence-electron chi connectivity index (χ1n) is 9.91. The molecule has 1 N–H and O–H groups in total. The van der Waals surface area contributed by atoms with Crippen molar-refractivity contribution in [1.29, 1.82) is 0 Å². The molecule has 5 heteroatoms. The standard InChI is InChI=1S/C23H30O4S/c1-3-28-23-17(2)22(26-15-19-12-8-5-9-13-19)21(24)20(27-23)16-25-14-18-10-6-4-7-11-18/h4-13,17,20-24H,3,14-16H2,1-2H3. The van der Waals surface area contributed by atoms with Crippen LogP contribution in [0.3, 0.4) is 0 Å². The van der Waals surface area contributed by atoms with Crippen LogP contribution in [0.4, 0.5) is 0 Å². The molecule has 5 unspecified atom stereocenters. The minimum atomic E-state index is -0.719. The van der Waals surface area contributed by atoms with Crippen LogP contribution in [-0.2, 0) is 27.4 Å². The zero-order valence-corrected chi connectivity index (χ0v) is 17.4. The number of rotatable bonds is 9. The van der Waals surface area contributed by atoms with E-state index in [1.165, 1.54) is 0 Å². The van der Waals surface area contributed by atoms with Gasteiger partial charge in [-0.25, -0.2) is 0 Å². The molecule has 5 atom stereocenters. The molecule has 0 radical (unpaired) electrons. The van der Waals surface area contributed by atoms with Crippen LogP contribution in [0.15, 0.2) is 60.7 Å². The topological polar surface area (TPSA) is 47.9 Å². The first-order chi connectivity index (χ1) is 13.7. The number of aliphatic hydroxyl groups excluding tert-OH is 1.